The summed E-state index contributed by atoms with van der Waals surface area (Å²) in [5.41, 5.74) is 1.91. The van der Waals surface area contributed by atoms with E-state index in [4.69, 9.17) is 14.2 Å². The summed E-state index contributed by atoms with van der Waals surface area (Å²) in [5, 5.41) is 4.30. The number of aromatic nitrogens is 2. The molecule has 0 saturated heterocycles. The third kappa shape index (κ3) is 3.47. The number of carbonyl (C=O) groups is 1. The average Bonchev–Trinajstić information content (AvgIpc) is 3.08. The number of hydrogen-bond donors (Lipinski definition) is 0. The van der Waals surface area contributed by atoms with Gasteiger partial charge in [-0.05, 0) is 36.8 Å². The Labute approximate surface area is 145 Å². The lowest BCUT2D eigenvalue weighted by molar-refractivity contribution is 0.0719. The SMILES string of the molecule is COc1cc(C)ccc1OC(=O)c1nn(-c2ccccc2)cc1OC. The minimum absolute atomic E-state index is 0.0916. The highest BCUT2D eigenvalue weighted by Gasteiger charge is 2.22. The summed E-state index contributed by atoms with van der Waals surface area (Å²) in [5.74, 6) is 0.526. The third-order valence-electron chi connectivity index (χ3n) is 3.64. The van der Waals surface area contributed by atoms with Crippen molar-refractivity contribution in [3.8, 4) is 22.9 Å². The Morgan fingerprint density at radius 1 is 0.960 bits per heavy atom. The minimum atomic E-state index is -0.617. The molecule has 0 aliphatic rings. The van der Waals surface area contributed by atoms with Crippen molar-refractivity contribution >= 4 is 5.97 Å². The molecule has 0 bridgehead atoms. The number of para-hydroxylation sites is 1. The summed E-state index contributed by atoms with van der Waals surface area (Å²) < 4.78 is 17.5. The van der Waals surface area contributed by atoms with Gasteiger partial charge in [0.15, 0.2) is 17.2 Å². The number of methoxy groups -OCH3 is 2. The molecule has 0 unspecified atom stereocenters. The van der Waals surface area contributed by atoms with Crippen LogP contribution in [0.3, 0.4) is 0 Å². The second-order valence-electron chi connectivity index (χ2n) is 5.37. The number of rotatable bonds is 5. The van der Waals surface area contributed by atoms with Crippen LogP contribution < -0.4 is 14.2 Å². The zero-order valence-electron chi connectivity index (χ0n) is 14.2. The van der Waals surface area contributed by atoms with E-state index in [1.54, 1.807) is 23.0 Å². The Kier molecular flexibility index (Phi) is 4.70. The van der Waals surface area contributed by atoms with E-state index in [-0.39, 0.29) is 5.69 Å². The van der Waals surface area contributed by atoms with Crippen molar-refractivity contribution in [2.75, 3.05) is 14.2 Å². The molecule has 0 amide bonds. The highest BCUT2D eigenvalue weighted by Crippen LogP contribution is 2.29. The number of ether oxygens (including phenoxy) is 3. The monoisotopic (exact) mass is 338 g/mol. The van der Waals surface area contributed by atoms with Gasteiger partial charge >= 0.3 is 5.97 Å². The normalized spacial score (nSPS) is 10.4. The average molecular weight is 338 g/mol. The first-order valence-corrected chi connectivity index (χ1v) is 7.68. The number of aryl methyl sites for hydroxylation is 1. The fraction of sp³-hybridized carbons (Fsp3) is 0.158. The Bertz CT molecular complexity index is 888. The lowest BCUT2D eigenvalue weighted by Gasteiger charge is -2.09. The van der Waals surface area contributed by atoms with Crippen LogP contribution in [0.1, 0.15) is 16.1 Å². The second-order valence-corrected chi connectivity index (χ2v) is 5.37. The molecule has 0 radical (unpaired) electrons. The summed E-state index contributed by atoms with van der Waals surface area (Å²) in [6, 6.07) is 14.8. The Balaban J connectivity index is 1.91. The van der Waals surface area contributed by atoms with Gasteiger partial charge in [0, 0.05) is 0 Å². The molecule has 1 aromatic heterocycles. The number of hydrogen-bond acceptors (Lipinski definition) is 5. The van der Waals surface area contributed by atoms with Crippen molar-refractivity contribution in [1.82, 2.24) is 9.78 Å². The Hall–Kier alpha value is -3.28. The molecule has 1 heterocycles. The summed E-state index contributed by atoms with van der Waals surface area (Å²) >= 11 is 0. The first-order chi connectivity index (χ1) is 12.1. The van der Waals surface area contributed by atoms with E-state index >= 15 is 0 Å². The van der Waals surface area contributed by atoms with Crippen molar-refractivity contribution in [2.24, 2.45) is 0 Å². The molecule has 0 fully saturated rings. The maximum Gasteiger partial charge on any atom is 0.368 e. The molecule has 128 valence electrons. The fourth-order valence-corrected chi connectivity index (χ4v) is 2.37. The van der Waals surface area contributed by atoms with E-state index in [0.717, 1.165) is 11.3 Å². The van der Waals surface area contributed by atoms with Crippen LogP contribution in [0, 0.1) is 6.92 Å². The quantitative estimate of drug-likeness (QED) is 0.527. The minimum Gasteiger partial charge on any atom is -0.493 e. The predicted octanol–water partition coefficient (Wildman–Crippen LogP) is 3.42. The topological polar surface area (TPSA) is 62.6 Å². The molecule has 0 aliphatic heterocycles. The van der Waals surface area contributed by atoms with Gasteiger partial charge in [-0.15, -0.1) is 0 Å². The van der Waals surface area contributed by atoms with Crippen molar-refractivity contribution in [2.45, 2.75) is 6.92 Å². The van der Waals surface area contributed by atoms with Gasteiger partial charge < -0.3 is 14.2 Å². The van der Waals surface area contributed by atoms with Gasteiger partial charge in [-0.3, -0.25) is 0 Å². The zero-order valence-corrected chi connectivity index (χ0v) is 14.2. The van der Waals surface area contributed by atoms with Gasteiger partial charge in [-0.25, -0.2) is 9.48 Å². The highest BCUT2D eigenvalue weighted by atomic mass is 16.6. The molecule has 0 atom stereocenters. The van der Waals surface area contributed by atoms with Crippen molar-refractivity contribution < 1.29 is 19.0 Å². The molecule has 0 saturated carbocycles. The van der Waals surface area contributed by atoms with Gasteiger partial charge in [-0.1, -0.05) is 24.3 Å². The summed E-state index contributed by atoms with van der Waals surface area (Å²) in [6.45, 7) is 1.93. The van der Waals surface area contributed by atoms with Gasteiger partial charge in [-0.2, -0.15) is 5.10 Å². The van der Waals surface area contributed by atoms with Crippen LogP contribution in [0.5, 0.6) is 17.2 Å². The van der Waals surface area contributed by atoms with Crippen molar-refractivity contribution in [3.05, 3.63) is 66.0 Å². The molecule has 6 heteroatoms. The Morgan fingerprint density at radius 2 is 1.68 bits per heavy atom. The van der Waals surface area contributed by atoms with E-state index in [2.05, 4.69) is 5.10 Å². The zero-order chi connectivity index (χ0) is 17.8. The van der Waals surface area contributed by atoms with E-state index in [9.17, 15) is 4.79 Å². The van der Waals surface area contributed by atoms with Crippen molar-refractivity contribution in [1.29, 1.82) is 0 Å². The fourth-order valence-electron chi connectivity index (χ4n) is 2.37. The molecule has 25 heavy (non-hydrogen) atoms. The molecule has 0 aliphatic carbocycles. The van der Waals surface area contributed by atoms with Gasteiger partial charge in [0.25, 0.3) is 0 Å². The summed E-state index contributed by atoms with van der Waals surface area (Å²) in [7, 11) is 3.01. The van der Waals surface area contributed by atoms with Crippen LogP contribution in [-0.4, -0.2) is 30.0 Å². The van der Waals surface area contributed by atoms with E-state index in [1.807, 2.05) is 43.3 Å². The molecule has 3 aromatic rings. The second kappa shape index (κ2) is 7.09. The first kappa shape index (κ1) is 16.6. The summed E-state index contributed by atoms with van der Waals surface area (Å²) in [4.78, 5) is 12.6. The molecule has 6 nitrogen and oxygen atoms in total. The lowest BCUT2D eigenvalue weighted by Crippen LogP contribution is -2.12. The van der Waals surface area contributed by atoms with Crippen molar-refractivity contribution in [3.63, 3.8) is 0 Å². The largest absolute Gasteiger partial charge is 0.493 e. The van der Waals surface area contributed by atoms with Crippen LogP contribution in [-0.2, 0) is 0 Å². The molecule has 3 rings (SSSR count). The van der Waals surface area contributed by atoms with E-state index < -0.39 is 5.97 Å². The lowest BCUT2D eigenvalue weighted by atomic mass is 10.2. The third-order valence-corrected chi connectivity index (χ3v) is 3.64. The molecule has 0 N–H and O–H groups in total. The molecule has 0 spiro atoms. The predicted molar refractivity (Wildman–Crippen MR) is 92.8 cm³/mol. The first-order valence-electron chi connectivity index (χ1n) is 7.68. The maximum atomic E-state index is 12.6. The molecule has 2 aromatic carbocycles. The number of carbonyl (C=O) groups excluding carboxylic acids is 1. The molecular weight excluding hydrogens is 320 g/mol. The van der Waals surface area contributed by atoms with Crippen LogP contribution in [0.15, 0.2) is 54.7 Å². The Morgan fingerprint density at radius 3 is 2.36 bits per heavy atom. The number of nitrogens with zero attached hydrogens (tertiary/aromatic N) is 2. The van der Waals surface area contributed by atoms with Gasteiger partial charge in [0.05, 0.1) is 26.1 Å². The van der Waals surface area contributed by atoms with Crippen LogP contribution >= 0.6 is 0 Å². The number of esters is 1. The number of benzene rings is 2. The maximum absolute atomic E-state index is 12.6. The van der Waals surface area contributed by atoms with Gasteiger partial charge in [0.2, 0.25) is 5.69 Å². The standard InChI is InChI=1S/C19H18N2O4/c1-13-9-10-15(16(11-13)23-2)25-19(22)18-17(24-3)12-21(20-18)14-7-5-4-6-8-14/h4-12H,1-3H3. The van der Waals surface area contributed by atoms with E-state index in [0.29, 0.717) is 17.2 Å². The highest BCUT2D eigenvalue weighted by molar-refractivity contribution is 5.92. The summed E-state index contributed by atoms with van der Waals surface area (Å²) in [6.07, 6.45) is 1.64. The van der Waals surface area contributed by atoms with Crippen LogP contribution in [0.2, 0.25) is 0 Å². The van der Waals surface area contributed by atoms with E-state index in [1.165, 1.54) is 14.2 Å². The smallest absolute Gasteiger partial charge is 0.368 e. The van der Waals surface area contributed by atoms with Crippen LogP contribution in [0.4, 0.5) is 0 Å². The molecular formula is C19H18N2O4. The van der Waals surface area contributed by atoms with Gasteiger partial charge in [0.1, 0.15) is 0 Å². The van der Waals surface area contributed by atoms with Crippen LogP contribution in [0.25, 0.3) is 5.69 Å².